The van der Waals surface area contributed by atoms with Gasteiger partial charge in [-0.1, -0.05) is 6.92 Å². The molecule has 0 fully saturated rings. The molecule has 0 aliphatic rings. The Morgan fingerprint density at radius 1 is 0.933 bits per heavy atom. The van der Waals surface area contributed by atoms with Crippen LogP contribution in [0.1, 0.15) is 6.42 Å². The molecular formula is C7H7F8. The maximum Gasteiger partial charge on any atom is 0.425 e. The molecule has 0 aromatic heterocycles. The Morgan fingerprint density at radius 3 is 1.60 bits per heavy atom. The minimum atomic E-state index is -5.94. The largest absolute Gasteiger partial charge is 0.425 e. The van der Waals surface area contributed by atoms with Crippen LogP contribution < -0.4 is 0 Å². The summed E-state index contributed by atoms with van der Waals surface area (Å²) in [5, 5.41) is 0. The molecule has 2 unspecified atom stereocenters. The van der Waals surface area contributed by atoms with Gasteiger partial charge in [0.05, 0.1) is 0 Å². The van der Waals surface area contributed by atoms with Crippen molar-refractivity contribution in [1.29, 1.82) is 0 Å². The molecule has 0 spiro atoms. The van der Waals surface area contributed by atoms with Crippen LogP contribution in [0.5, 0.6) is 0 Å². The molecular weight excluding hydrogens is 236 g/mol. The zero-order valence-electron chi connectivity index (χ0n) is 7.17. The number of halogens is 8. The van der Waals surface area contributed by atoms with E-state index in [1.54, 1.807) is 0 Å². The third-order valence-corrected chi connectivity index (χ3v) is 1.59. The van der Waals surface area contributed by atoms with Crippen LogP contribution in [-0.2, 0) is 0 Å². The smallest absolute Gasteiger partial charge is 0.244 e. The van der Waals surface area contributed by atoms with Crippen LogP contribution in [0.2, 0.25) is 0 Å². The maximum absolute atomic E-state index is 12.5. The highest BCUT2D eigenvalue weighted by atomic mass is 19.4. The standard InChI is InChI=1S/C7H7F8/c1-2-3(8)4(9)6(11,12)5(10)7(13,14)15/h3-5H,1-2H2/t3?,4?,5-/m0/s1. The normalized spacial score (nSPS) is 19.8. The highest BCUT2D eigenvalue weighted by Gasteiger charge is 2.62. The van der Waals surface area contributed by atoms with Crippen molar-refractivity contribution in [3.8, 4) is 0 Å². The molecule has 0 amide bonds. The zero-order chi connectivity index (χ0) is 12.4. The summed E-state index contributed by atoms with van der Waals surface area (Å²) in [5.74, 6) is -5.45. The summed E-state index contributed by atoms with van der Waals surface area (Å²) in [6.45, 7) is 2.69. The lowest BCUT2D eigenvalue weighted by Gasteiger charge is -2.26. The van der Waals surface area contributed by atoms with Crippen LogP contribution >= 0.6 is 0 Å². The van der Waals surface area contributed by atoms with Gasteiger partial charge in [0.2, 0.25) is 0 Å². The predicted molar refractivity (Wildman–Crippen MR) is 35.7 cm³/mol. The molecule has 0 N–H and O–H groups in total. The second-order valence-corrected chi connectivity index (χ2v) is 2.79. The van der Waals surface area contributed by atoms with Crippen LogP contribution in [-0.4, -0.2) is 30.6 Å². The van der Waals surface area contributed by atoms with Gasteiger partial charge in [0.15, 0.2) is 6.17 Å². The van der Waals surface area contributed by atoms with Crippen molar-refractivity contribution in [2.24, 2.45) is 0 Å². The minimum Gasteiger partial charge on any atom is -0.244 e. The van der Waals surface area contributed by atoms with Crippen molar-refractivity contribution >= 4 is 0 Å². The molecule has 0 nitrogen and oxygen atoms in total. The molecule has 0 aliphatic carbocycles. The fourth-order valence-corrected chi connectivity index (χ4v) is 0.745. The summed E-state index contributed by atoms with van der Waals surface area (Å²) in [4.78, 5) is 0. The lowest BCUT2D eigenvalue weighted by molar-refractivity contribution is -0.264. The molecule has 8 heteroatoms. The van der Waals surface area contributed by atoms with E-state index in [2.05, 4.69) is 6.92 Å². The summed E-state index contributed by atoms with van der Waals surface area (Å²) in [6.07, 6.45) is -18.5. The predicted octanol–water partition coefficient (Wildman–Crippen LogP) is 3.42. The van der Waals surface area contributed by atoms with Gasteiger partial charge < -0.3 is 0 Å². The van der Waals surface area contributed by atoms with E-state index in [-0.39, 0.29) is 0 Å². The topological polar surface area (TPSA) is 0 Å². The summed E-state index contributed by atoms with van der Waals surface area (Å²) >= 11 is 0. The van der Waals surface area contributed by atoms with Crippen LogP contribution in [0.4, 0.5) is 35.1 Å². The van der Waals surface area contributed by atoms with E-state index in [1.807, 2.05) is 0 Å². The highest BCUT2D eigenvalue weighted by molar-refractivity contribution is 4.92. The highest BCUT2D eigenvalue weighted by Crippen LogP contribution is 2.40. The first-order valence-electron chi connectivity index (χ1n) is 3.71. The van der Waals surface area contributed by atoms with Gasteiger partial charge in [0.1, 0.15) is 6.17 Å². The molecule has 0 aromatic rings. The molecule has 91 valence electrons. The Hall–Kier alpha value is -0.560. The van der Waals surface area contributed by atoms with E-state index in [1.165, 1.54) is 0 Å². The van der Waals surface area contributed by atoms with Gasteiger partial charge in [-0.3, -0.25) is 0 Å². The Balaban J connectivity index is 4.81. The van der Waals surface area contributed by atoms with Crippen molar-refractivity contribution < 1.29 is 35.1 Å². The van der Waals surface area contributed by atoms with E-state index >= 15 is 0 Å². The fourth-order valence-electron chi connectivity index (χ4n) is 0.745. The Bertz CT molecular complexity index is 198. The molecule has 15 heavy (non-hydrogen) atoms. The first kappa shape index (κ1) is 14.4. The SMILES string of the molecule is [CH2]CC(F)C(F)C(F)(F)[C@H](F)C(F)(F)F. The number of hydrogen-bond donors (Lipinski definition) is 0. The van der Waals surface area contributed by atoms with Crippen molar-refractivity contribution in [2.45, 2.75) is 37.0 Å². The third kappa shape index (κ3) is 3.20. The van der Waals surface area contributed by atoms with E-state index in [4.69, 9.17) is 0 Å². The van der Waals surface area contributed by atoms with Gasteiger partial charge in [0.25, 0.3) is 6.17 Å². The molecule has 0 saturated heterocycles. The van der Waals surface area contributed by atoms with Crippen molar-refractivity contribution in [3.05, 3.63) is 6.92 Å². The molecule has 0 bridgehead atoms. The average Bonchev–Trinajstić information content (AvgIpc) is 2.12. The van der Waals surface area contributed by atoms with Crippen LogP contribution in [0.3, 0.4) is 0 Å². The first-order chi connectivity index (χ1) is 6.55. The van der Waals surface area contributed by atoms with Gasteiger partial charge in [0, 0.05) is 0 Å². The second-order valence-electron chi connectivity index (χ2n) is 2.79. The summed E-state index contributed by atoms with van der Waals surface area (Å²) < 4.78 is 96.3. The van der Waals surface area contributed by atoms with Gasteiger partial charge in [-0.05, 0) is 6.42 Å². The Kier molecular flexibility index (Phi) is 4.36. The zero-order valence-corrected chi connectivity index (χ0v) is 7.17. The summed E-state index contributed by atoms with van der Waals surface area (Å²) in [7, 11) is 0. The Labute approximate surface area is 80.3 Å². The van der Waals surface area contributed by atoms with Gasteiger partial charge >= 0.3 is 12.1 Å². The molecule has 1 radical (unpaired) electrons. The third-order valence-electron chi connectivity index (χ3n) is 1.59. The van der Waals surface area contributed by atoms with E-state index < -0.39 is 37.0 Å². The van der Waals surface area contributed by atoms with Crippen LogP contribution in [0, 0.1) is 6.92 Å². The minimum absolute atomic E-state index is 1.01. The maximum atomic E-state index is 12.5. The van der Waals surface area contributed by atoms with Crippen molar-refractivity contribution in [1.82, 2.24) is 0 Å². The number of hydrogen-bond acceptors (Lipinski definition) is 0. The Morgan fingerprint density at radius 2 is 1.33 bits per heavy atom. The monoisotopic (exact) mass is 243 g/mol. The quantitative estimate of drug-likeness (QED) is 0.663. The van der Waals surface area contributed by atoms with Gasteiger partial charge in [-0.25, -0.2) is 13.2 Å². The average molecular weight is 243 g/mol. The molecule has 3 atom stereocenters. The van der Waals surface area contributed by atoms with Crippen molar-refractivity contribution in [3.63, 3.8) is 0 Å². The van der Waals surface area contributed by atoms with Gasteiger partial charge in [-0.2, -0.15) is 22.0 Å². The van der Waals surface area contributed by atoms with E-state index in [9.17, 15) is 35.1 Å². The second kappa shape index (κ2) is 4.52. The summed E-state index contributed by atoms with van der Waals surface area (Å²) in [5.41, 5.74) is 0. The molecule has 0 saturated carbocycles. The van der Waals surface area contributed by atoms with Crippen molar-refractivity contribution in [2.75, 3.05) is 0 Å². The van der Waals surface area contributed by atoms with E-state index in [0.717, 1.165) is 0 Å². The lowest BCUT2D eigenvalue weighted by Crippen LogP contribution is -2.51. The van der Waals surface area contributed by atoms with Crippen LogP contribution in [0.25, 0.3) is 0 Å². The number of rotatable bonds is 4. The summed E-state index contributed by atoms with van der Waals surface area (Å²) in [6, 6.07) is 0. The molecule has 0 rings (SSSR count). The lowest BCUT2D eigenvalue weighted by atomic mass is 10.0. The van der Waals surface area contributed by atoms with Crippen LogP contribution in [0.15, 0.2) is 0 Å². The van der Waals surface area contributed by atoms with Gasteiger partial charge in [-0.15, -0.1) is 0 Å². The molecule has 0 heterocycles. The first-order valence-corrected chi connectivity index (χ1v) is 3.71. The fraction of sp³-hybridized carbons (Fsp3) is 0.857. The van der Waals surface area contributed by atoms with E-state index in [0.29, 0.717) is 0 Å². The molecule has 0 aromatic carbocycles. The molecule has 0 aliphatic heterocycles. The number of alkyl halides is 8.